The molecule has 0 unspecified atom stereocenters. The van der Waals surface area contributed by atoms with E-state index in [1.54, 1.807) is 6.08 Å². The Morgan fingerprint density at radius 3 is 2.60 bits per heavy atom. The summed E-state index contributed by atoms with van der Waals surface area (Å²) in [6.45, 7) is 7.21. The molecule has 0 aromatic rings. The lowest BCUT2D eigenvalue weighted by Gasteiger charge is -2.22. The van der Waals surface area contributed by atoms with E-state index >= 15 is 0 Å². The third-order valence-electron chi connectivity index (χ3n) is 3.11. The van der Waals surface area contributed by atoms with Gasteiger partial charge in [0.15, 0.2) is 5.96 Å². The Morgan fingerprint density at radius 2 is 2.00 bits per heavy atom. The molecule has 0 spiro atoms. The number of aliphatic imine (C=N–C) groups is 1. The molecule has 1 amide bonds. The van der Waals surface area contributed by atoms with Crippen LogP contribution in [-0.4, -0.2) is 37.5 Å². The molecule has 0 bridgehead atoms. The normalized spacial score (nSPS) is 15.9. The van der Waals surface area contributed by atoms with E-state index in [0.717, 1.165) is 19.4 Å². The lowest BCUT2D eigenvalue weighted by molar-refractivity contribution is -0.120. The van der Waals surface area contributed by atoms with Crippen molar-refractivity contribution in [3.05, 3.63) is 12.7 Å². The van der Waals surface area contributed by atoms with Crippen LogP contribution in [0.3, 0.4) is 0 Å². The van der Waals surface area contributed by atoms with Gasteiger partial charge in [0, 0.05) is 19.1 Å². The zero-order valence-electron chi connectivity index (χ0n) is 12.3. The quantitative estimate of drug-likeness (QED) is 0.279. The average Bonchev–Trinajstić information content (AvgIpc) is 2.43. The molecule has 0 radical (unpaired) electrons. The van der Waals surface area contributed by atoms with Crippen molar-refractivity contribution in [2.24, 2.45) is 4.99 Å². The van der Waals surface area contributed by atoms with Gasteiger partial charge >= 0.3 is 0 Å². The fourth-order valence-electron chi connectivity index (χ4n) is 2.18. The van der Waals surface area contributed by atoms with Gasteiger partial charge in [0.2, 0.25) is 5.91 Å². The minimum atomic E-state index is 0. The number of amides is 1. The molecule has 0 aliphatic heterocycles. The Balaban J connectivity index is 0.00000361. The first-order valence-corrected chi connectivity index (χ1v) is 7.18. The second-order valence-corrected chi connectivity index (χ2v) is 4.77. The SMILES string of the molecule is C=CCNC(=NCC(=O)NC1CCCCC1)NCC.I. The molecule has 0 saturated heterocycles. The van der Waals surface area contributed by atoms with Gasteiger partial charge in [-0.25, -0.2) is 4.99 Å². The first-order valence-electron chi connectivity index (χ1n) is 7.18. The third-order valence-corrected chi connectivity index (χ3v) is 3.11. The van der Waals surface area contributed by atoms with Crippen LogP contribution in [0.2, 0.25) is 0 Å². The Bertz CT molecular complexity index is 314. The highest BCUT2D eigenvalue weighted by Gasteiger charge is 2.15. The van der Waals surface area contributed by atoms with Crippen LogP contribution >= 0.6 is 24.0 Å². The molecule has 5 nitrogen and oxygen atoms in total. The maximum Gasteiger partial charge on any atom is 0.242 e. The van der Waals surface area contributed by atoms with Crippen LogP contribution in [0, 0.1) is 0 Å². The number of carbonyl (C=O) groups excluding carboxylic acids is 1. The fraction of sp³-hybridized carbons (Fsp3) is 0.714. The molecule has 0 aromatic heterocycles. The fourth-order valence-corrected chi connectivity index (χ4v) is 2.18. The van der Waals surface area contributed by atoms with E-state index in [4.69, 9.17) is 0 Å². The molecule has 20 heavy (non-hydrogen) atoms. The van der Waals surface area contributed by atoms with E-state index in [0.29, 0.717) is 18.5 Å². The monoisotopic (exact) mass is 394 g/mol. The first kappa shape index (κ1) is 19.2. The van der Waals surface area contributed by atoms with Crippen molar-refractivity contribution in [3.8, 4) is 0 Å². The lowest BCUT2D eigenvalue weighted by atomic mass is 9.95. The largest absolute Gasteiger partial charge is 0.357 e. The van der Waals surface area contributed by atoms with E-state index in [9.17, 15) is 4.79 Å². The number of guanidine groups is 1. The van der Waals surface area contributed by atoms with Gasteiger partial charge in [-0.05, 0) is 19.8 Å². The molecule has 1 saturated carbocycles. The summed E-state index contributed by atoms with van der Waals surface area (Å²) in [4.78, 5) is 16.1. The van der Waals surface area contributed by atoms with E-state index in [2.05, 4.69) is 27.5 Å². The van der Waals surface area contributed by atoms with Crippen molar-refractivity contribution in [1.29, 1.82) is 0 Å². The molecular weight excluding hydrogens is 367 g/mol. The highest BCUT2D eigenvalue weighted by molar-refractivity contribution is 14.0. The third kappa shape index (κ3) is 8.39. The number of nitrogens with zero attached hydrogens (tertiary/aromatic N) is 1. The topological polar surface area (TPSA) is 65.5 Å². The Hall–Kier alpha value is -0.790. The Kier molecular flexibility index (Phi) is 11.5. The van der Waals surface area contributed by atoms with Gasteiger partial charge < -0.3 is 16.0 Å². The molecule has 0 atom stereocenters. The summed E-state index contributed by atoms with van der Waals surface area (Å²) >= 11 is 0. The summed E-state index contributed by atoms with van der Waals surface area (Å²) < 4.78 is 0. The molecule has 6 heteroatoms. The van der Waals surface area contributed by atoms with Crippen molar-refractivity contribution in [3.63, 3.8) is 0 Å². The summed E-state index contributed by atoms with van der Waals surface area (Å²) in [5.74, 6) is 0.656. The number of hydrogen-bond acceptors (Lipinski definition) is 2. The molecule has 1 fully saturated rings. The number of hydrogen-bond donors (Lipinski definition) is 3. The van der Waals surface area contributed by atoms with Crippen molar-refractivity contribution in [1.82, 2.24) is 16.0 Å². The summed E-state index contributed by atoms with van der Waals surface area (Å²) in [7, 11) is 0. The van der Waals surface area contributed by atoms with Crippen LogP contribution in [0.15, 0.2) is 17.6 Å². The maximum absolute atomic E-state index is 11.8. The minimum Gasteiger partial charge on any atom is -0.357 e. The van der Waals surface area contributed by atoms with Crippen LogP contribution in [0.1, 0.15) is 39.0 Å². The Labute approximate surface area is 139 Å². The van der Waals surface area contributed by atoms with Gasteiger partial charge in [0.1, 0.15) is 6.54 Å². The van der Waals surface area contributed by atoms with E-state index in [-0.39, 0.29) is 36.4 Å². The van der Waals surface area contributed by atoms with Gasteiger partial charge in [-0.1, -0.05) is 25.3 Å². The molecule has 3 N–H and O–H groups in total. The van der Waals surface area contributed by atoms with Gasteiger partial charge in [-0.3, -0.25) is 4.79 Å². The zero-order chi connectivity index (χ0) is 13.9. The number of rotatable bonds is 6. The van der Waals surface area contributed by atoms with E-state index in [1.807, 2.05) is 6.92 Å². The number of carbonyl (C=O) groups is 1. The molecular formula is C14H27IN4O. The van der Waals surface area contributed by atoms with Crippen LogP contribution in [0.5, 0.6) is 0 Å². The first-order chi connectivity index (χ1) is 9.26. The predicted molar refractivity (Wildman–Crippen MR) is 94.6 cm³/mol. The summed E-state index contributed by atoms with van der Waals surface area (Å²) in [6.07, 6.45) is 7.69. The van der Waals surface area contributed by atoms with Gasteiger partial charge in [-0.2, -0.15) is 0 Å². The molecule has 0 aromatic carbocycles. The van der Waals surface area contributed by atoms with Gasteiger partial charge in [-0.15, -0.1) is 30.6 Å². The van der Waals surface area contributed by atoms with E-state index in [1.165, 1.54) is 19.3 Å². The second-order valence-electron chi connectivity index (χ2n) is 4.77. The molecule has 1 aliphatic rings. The standard InChI is InChI=1S/C14H26N4O.HI/c1-3-10-16-14(15-4-2)17-11-13(19)18-12-8-6-5-7-9-12;/h3,12H,1,4-11H2,2H3,(H,18,19)(H2,15,16,17);1H. The maximum atomic E-state index is 11.8. The van der Waals surface area contributed by atoms with Crippen molar-refractivity contribution < 1.29 is 4.79 Å². The smallest absolute Gasteiger partial charge is 0.242 e. The van der Waals surface area contributed by atoms with E-state index < -0.39 is 0 Å². The van der Waals surface area contributed by atoms with Crippen LogP contribution in [0.25, 0.3) is 0 Å². The predicted octanol–water partition coefficient (Wildman–Crippen LogP) is 1.79. The van der Waals surface area contributed by atoms with Crippen molar-refractivity contribution in [2.75, 3.05) is 19.6 Å². The van der Waals surface area contributed by atoms with Crippen LogP contribution in [0.4, 0.5) is 0 Å². The molecule has 1 rings (SSSR count). The zero-order valence-corrected chi connectivity index (χ0v) is 14.6. The molecule has 0 heterocycles. The van der Waals surface area contributed by atoms with Crippen molar-refractivity contribution in [2.45, 2.75) is 45.1 Å². The summed E-state index contributed by atoms with van der Waals surface area (Å²) in [6, 6.07) is 0.347. The van der Waals surface area contributed by atoms with Crippen LogP contribution < -0.4 is 16.0 Å². The molecule has 1 aliphatic carbocycles. The molecule has 116 valence electrons. The highest BCUT2D eigenvalue weighted by atomic mass is 127. The second kappa shape index (κ2) is 12.0. The highest BCUT2D eigenvalue weighted by Crippen LogP contribution is 2.17. The number of halogens is 1. The summed E-state index contributed by atoms with van der Waals surface area (Å²) in [5, 5.41) is 9.21. The Morgan fingerprint density at radius 1 is 1.30 bits per heavy atom. The lowest BCUT2D eigenvalue weighted by Crippen LogP contribution is -2.40. The van der Waals surface area contributed by atoms with Gasteiger partial charge in [0.25, 0.3) is 0 Å². The average molecular weight is 394 g/mol. The minimum absolute atomic E-state index is 0. The summed E-state index contributed by atoms with van der Waals surface area (Å²) in [5.41, 5.74) is 0. The van der Waals surface area contributed by atoms with Gasteiger partial charge in [0.05, 0.1) is 0 Å². The number of nitrogens with one attached hydrogen (secondary N) is 3. The van der Waals surface area contributed by atoms with Crippen LogP contribution in [-0.2, 0) is 4.79 Å². The van der Waals surface area contributed by atoms with Crippen molar-refractivity contribution >= 4 is 35.8 Å².